The Morgan fingerprint density at radius 3 is 2.67 bits per heavy atom. The number of aromatic nitrogens is 1. The van der Waals surface area contributed by atoms with Gasteiger partial charge in [-0.25, -0.2) is 0 Å². The maximum atomic E-state index is 12.7. The molecule has 0 unspecified atom stereocenters. The minimum atomic E-state index is -4.62. The lowest BCUT2D eigenvalue weighted by Gasteiger charge is -2.06. The molecule has 0 radical (unpaired) electrons. The predicted molar refractivity (Wildman–Crippen MR) is 59.7 cm³/mol. The van der Waals surface area contributed by atoms with Crippen molar-refractivity contribution >= 4 is 22.6 Å². The lowest BCUT2D eigenvalue weighted by Crippen LogP contribution is -2.05. The minimum absolute atomic E-state index is 0.228. The van der Waals surface area contributed by atoms with E-state index >= 15 is 0 Å². The van der Waals surface area contributed by atoms with E-state index in [9.17, 15) is 18.3 Å². The van der Waals surface area contributed by atoms with Gasteiger partial charge in [0.25, 0.3) is 0 Å². The van der Waals surface area contributed by atoms with Crippen molar-refractivity contribution in [2.75, 3.05) is 0 Å². The number of hydrogen-bond acceptors (Lipinski definition) is 3. The normalized spacial score (nSPS) is 12.3. The standard InChI is InChI=1S/C11H9ClF3NO2/c1-2-3-5-4-6-9(7(12)8(5)17)18-16-10(6)11(13,14)15/h4,17H,2-3H2,1H3. The third kappa shape index (κ3) is 2.01. The van der Waals surface area contributed by atoms with Crippen molar-refractivity contribution in [1.29, 1.82) is 0 Å². The molecule has 0 spiro atoms. The molecule has 0 saturated carbocycles. The van der Waals surface area contributed by atoms with Crippen LogP contribution in [0.1, 0.15) is 24.6 Å². The molecule has 2 aromatic rings. The third-order valence-corrected chi connectivity index (χ3v) is 2.90. The van der Waals surface area contributed by atoms with Crippen molar-refractivity contribution in [1.82, 2.24) is 5.16 Å². The Balaban J connectivity index is 2.74. The molecule has 1 heterocycles. The monoisotopic (exact) mass is 279 g/mol. The summed E-state index contributed by atoms with van der Waals surface area (Å²) in [7, 11) is 0. The molecule has 1 N–H and O–H groups in total. The van der Waals surface area contributed by atoms with E-state index in [1.807, 2.05) is 6.92 Å². The first kappa shape index (κ1) is 13.0. The number of phenols is 1. The molecule has 0 aliphatic heterocycles. The highest BCUT2D eigenvalue weighted by molar-refractivity contribution is 6.36. The zero-order chi connectivity index (χ0) is 13.5. The Morgan fingerprint density at radius 2 is 2.11 bits per heavy atom. The van der Waals surface area contributed by atoms with Crippen LogP contribution in [0.15, 0.2) is 10.6 Å². The summed E-state index contributed by atoms with van der Waals surface area (Å²) in [6.45, 7) is 1.84. The predicted octanol–water partition coefficient (Wildman–Crippen LogP) is 4.16. The number of fused-ring (bicyclic) bond motifs is 1. The maximum Gasteiger partial charge on any atom is 0.437 e. The molecule has 2 rings (SSSR count). The number of aromatic hydroxyl groups is 1. The number of nitrogens with zero attached hydrogens (tertiary/aromatic N) is 1. The van der Waals surface area contributed by atoms with Gasteiger partial charge in [-0.05, 0) is 18.1 Å². The van der Waals surface area contributed by atoms with Gasteiger partial charge in [0.05, 0.1) is 5.39 Å². The SMILES string of the molecule is CCCc1cc2c(C(F)(F)F)noc2c(Cl)c1O. The van der Waals surface area contributed by atoms with Gasteiger partial charge in [0, 0.05) is 0 Å². The van der Waals surface area contributed by atoms with Crippen LogP contribution in [0, 0.1) is 0 Å². The third-order valence-electron chi connectivity index (χ3n) is 2.55. The molecule has 0 aliphatic rings. The largest absolute Gasteiger partial charge is 0.506 e. The second kappa shape index (κ2) is 4.35. The number of halogens is 4. The number of hydrogen-bond donors (Lipinski definition) is 1. The van der Waals surface area contributed by atoms with E-state index in [4.69, 9.17) is 11.6 Å². The molecule has 0 bridgehead atoms. The quantitative estimate of drug-likeness (QED) is 0.898. The van der Waals surface area contributed by atoms with Crippen molar-refractivity contribution < 1.29 is 22.8 Å². The van der Waals surface area contributed by atoms with E-state index in [-0.39, 0.29) is 21.7 Å². The van der Waals surface area contributed by atoms with Gasteiger partial charge in [-0.3, -0.25) is 0 Å². The fraction of sp³-hybridized carbons (Fsp3) is 0.364. The van der Waals surface area contributed by atoms with Gasteiger partial charge in [-0.15, -0.1) is 0 Å². The molecule has 0 atom stereocenters. The van der Waals surface area contributed by atoms with Crippen LogP contribution < -0.4 is 0 Å². The van der Waals surface area contributed by atoms with E-state index < -0.39 is 11.9 Å². The first-order valence-electron chi connectivity index (χ1n) is 5.23. The number of phenolic OH excluding ortho intramolecular Hbond substituents is 1. The molecule has 98 valence electrons. The van der Waals surface area contributed by atoms with Crippen LogP contribution in [0.4, 0.5) is 13.2 Å². The van der Waals surface area contributed by atoms with Crippen LogP contribution in [0.3, 0.4) is 0 Å². The minimum Gasteiger partial charge on any atom is -0.506 e. The topological polar surface area (TPSA) is 46.3 Å². The van der Waals surface area contributed by atoms with Gasteiger partial charge in [-0.2, -0.15) is 13.2 Å². The molecule has 7 heteroatoms. The number of rotatable bonds is 2. The van der Waals surface area contributed by atoms with Gasteiger partial charge >= 0.3 is 6.18 Å². The van der Waals surface area contributed by atoms with Gasteiger partial charge in [0.1, 0.15) is 10.8 Å². The van der Waals surface area contributed by atoms with Crippen molar-refractivity contribution in [2.45, 2.75) is 25.9 Å². The van der Waals surface area contributed by atoms with E-state index in [0.29, 0.717) is 18.4 Å². The van der Waals surface area contributed by atoms with Crippen LogP contribution in [0.5, 0.6) is 5.75 Å². The van der Waals surface area contributed by atoms with Crippen LogP contribution in [0.25, 0.3) is 11.0 Å². The highest BCUT2D eigenvalue weighted by Crippen LogP contribution is 2.41. The van der Waals surface area contributed by atoms with Crippen molar-refractivity contribution in [3.05, 3.63) is 22.3 Å². The lowest BCUT2D eigenvalue weighted by atomic mass is 10.1. The van der Waals surface area contributed by atoms with Gasteiger partial charge in [-0.1, -0.05) is 30.1 Å². The second-order valence-corrected chi connectivity index (χ2v) is 4.23. The molecule has 3 nitrogen and oxygen atoms in total. The number of alkyl halides is 3. The summed E-state index contributed by atoms with van der Waals surface area (Å²) in [5.74, 6) is -0.254. The highest BCUT2D eigenvalue weighted by atomic mass is 35.5. The van der Waals surface area contributed by atoms with E-state index in [2.05, 4.69) is 9.68 Å². The zero-order valence-electron chi connectivity index (χ0n) is 9.31. The molecular formula is C11H9ClF3NO2. The molecule has 18 heavy (non-hydrogen) atoms. The average Bonchev–Trinajstić information content (AvgIpc) is 2.69. The van der Waals surface area contributed by atoms with Gasteiger partial charge in [0.15, 0.2) is 11.3 Å². The van der Waals surface area contributed by atoms with Crippen LogP contribution in [-0.2, 0) is 12.6 Å². The number of aryl methyl sites for hydroxylation is 1. The summed E-state index contributed by atoms with van der Waals surface area (Å²) in [5, 5.41) is 12.2. The molecule has 0 fully saturated rings. The summed E-state index contributed by atoms with van der Waals surface area (Å²) >= 11 is 5.78. The Labute approximate surface area is 105 Å². The summed E-state index contributed by atoms with van der Waals surface area (Å²) in [6, 6.07) is 1.22. The van der Waals surface area contributed by atoms with Crippen LogP contribution in [-0.4, -0.2) is 10.3 Å². The van der Waals surface area contributed by atoms with Gasteiger partial charge < -0.3 is 9.63 Å². The molecular weight excluding hydrogens is 271 g/mol. The first-order chi connectivity index (χ1) is 8.36. The van der Waals surface area contributed by atoms with Crippen molar-refractivity contribution in [3.63, 3.8) is 0 Å². The van der Waals surface area contributed by atoms with Gasteiger partial charge in [0.2, 0.25) is 0 Å². The lowest BCUT2D eigenvalue weighted by molar-refractivity contribution is -0.141. The van der Waals surface area contributed by atoms with E-state index in [0.717, 1.165) is 0 Å². The summed E-state index contributed by atoms with van der Waals surface area (Å²) < 4.78 is 42.6. The Hall–Kier alpha value is -1.43. The fourth-order valence-corrected chi connectivity index (χ4v) is 2.00. The fourth-order valence-electron chi connectivity index (χ4n) is 1.74. The Morgan fingerprint density at radius 1 is 1.44 bits per heavy atom. The second-order valence-electron chi connectivity index (χ2n) is 3.85. The Kier molecular flexibility index (Phi) is 3.14. The summed E-state index contributed by atoms with van der Waals surface area (Å²) in [6.07, 6.45) is -3.53. The Bertz CT molecular complexity index is 592. The van der Waals surface area contributed by atoms with Crippen LogP contribution >= 0.6 is 11.6 Å². The van der Waals surface area contributed by atoms with Crippen molar-refractivity contribution in [3.8, 4) is 5.75 Å². The first-order valence-corrected chi connectivity index (χ1v) is 5.61. The van der Waals surface area contributed by atoms with Crippen molar-refractivity contribution in [2.24, 2.45) is 0 Å². The zero-order valence-corrected chi connectivity index (χ0v) is 10.1. The molecule has 1 aromatic heterocycles. The van der Waals surface area contributed by atoms with E-state index in [1.165, 1.54) is 6.07 Å². The number of benzene rings is 1. The summed E-state index contributed by atoms with van der Waals surface area (Å²) in [4.78, 5) is 0. The highest BCUT2D eigenvalue weighted by Gasteiger charge is 2.38. The maximum absolute atomic E-state index is 12.7. The molecule has 1 aromatic carbocycles. The van der Waals surface area contributed by atoms with Crippen LogP contribution in [0.2, 0.25) is 5.02 Å². The molecule has 0 amide bonds. The van der Waals surface area contributed by atoms with E-state index in [1.54, 1.807) is 0 Å². The molecule has 0 aliphatic carbocycles. The smallest absolute Gasteiger partial charge is 0.437 e. The molecule has 0 saturated heterocycles. The summed E-state index contributed by atoms with van der Waals surface area (Å²) in [5.41, 5.74) is -1.03. The average molecular weight is 280 g/mol.